The third kappa shape index (κ3) is 4.36. The summed E-state index contributed by atoms with van der Waals surface area (Å²) >= 11 is 1.78. The predicted molar refractivity (Wildman–Crippen MR) is 105 cm³/mol. The van der Waals surface area contributed by atoms with Crippen molar-refractivity contribution in [2.45, 2.75) is 30.6 Å². The van der Waals surface area contributed by atoms with Crippen LogP contribution in [0.2, 0.25) is 0 Å². The van der Waals surface area contributed by atoms with Crippen molar-refractivity contribution in [3.05, 3.63) is 89.0 Å². The Hall–Kier alpha value is -2.32. The first-order chi connectivity index (χ1) is 11.6. The van der Waals surface area contributed by atoms with Gasteiger partial charge in [-0.1, -0.05) is 59.3 Å². The topological polar surface area (TPSA) is 12.4 Å². The molecule has 0 aromatic heterocycles. The maximum absolute atomic E-state index is 4.61. The van der Waals surface area contributed by atoms with E-state index in [2.05, 4.69) is 92.5 Å². The van der Waals surface area contributed by atoms with Crippen molar-refractivity contribution >= 4 is 23.7 Å². The van der Waals surface area contributed by atoms with Crippen molar-refractivity contribution in [2.24, 2.45) is 4.99 Å². The average molecular weight is 331 g/mol. The molecule has 2 heteroatoms. The molecule has 3 rings (SSSR count). The van der Waals surface area contributed by atoms with Gasteiger partial charge >= 0.3 is 0 Å². The van der Waals surface area contributed by atoms with Crippen molar-refractivity contribution < 1.29 is 0 Å². The molecule has 0 amide bonds. The lowest BCUT2D eigenvalue weighted by Gasteiger charge is -2.03. The van der Waals surface area contributed by atoms with Gasteiger partial charge in [-0.2, -0.15) is 0 Å². The van der Waals surface area contributed by atoms with Crippen molar-refractivity contribution in [1.82, 2.24) is 0 Å². The standard InChI is InChI=1S/C22H21NS/c1-16-4-9-20(10-5-16)24-21-11-7-19(8-12-21)15-23-22-13-6-17(2)14-18(22)3/h4-15H,1-3H3. The first-order valence-electron chi connectivity index (χ1n) is 8.06. The molecule has 0 aliphatic carbocycles. The Morgan fingerprint density at radius 1 is 0.708 bits per heavy atom. The summed E-state index contributed by atoms with van der Waals surface area (Å²) in [5.74, 6) is 0. The van der Waals surface area contributed by atoms with E-state index in [-0.39, 0.29) is 0 Å². The SMILES string of the molecule is Cc1ccc(Sc2ccc(C=Nc3ccc(C)cc3C)cc2)cc1. The summed E-state index contributed by atoms with van der Waals surface area (Å²) in [4.78, 5) is 7.11. The van der Waals surface area contributed by atoms with E-state index in [9.17, 15) is 0 Å². The lowest BCUT2D eigenvalue weighted by atomic mass is 10.1. The van der Waals surface area contributed by atoms with E-state index in [4.69, 9.17) is 0 Å². The van der Waals surface area contributed by atoms with Gasteiger partial charge in [-0.05, 0) is 62.2 Å². The van der Waals surface area contributed by atoms with Crippen LogP contribution >= 0.6 is 11.8 Å². The van der Waals surface area contributed by atoms with E-state index < -0.39 is 0 Å². The first-order valence-corrected chi connectivity index (χ1v) is 8.88. The van der Waals surface area contributed by atoms with E-state index in [1.54, 1.807) is 11.8 Å². The minimum absolute atomic E-state index is 1.03. The second kappa shape index (κ2) is 7.50. The Morgan fingerprint density at radius 3 is 1.92 bits per heavy atom. The van der Waals surface area contributed by atoms with Crippen LogP contribution in [0.3, 0.4) is 0 Å². The molecule has 0 heterocycles. The van der Waals surface area contributed by atoms with Gasteiger partial charge in [0.15, 0.2) is 0 Å². The highest BCUT2D eigenvalue weighted by Gasteiger charge is 1.98. The maximum Gasteiger partial charge on any atom is 0.0659 e. The molecule has 0 saturated heterocycles. The Labute approximate surface area is 148 Å². The van der Waals surface area contributed by atoms with E-state index in [0.717, 1.165) is 11.3 Å². The second-order valence-corrected chi connectivity index (χ2v) is 7.18. The second-order valence-electron chi connectivity index (χ2n) is 6.03. The lowest BCUT2D eigenvalue weighted by Crippen LogP contribution is -1.83. The predicted octanol–water partition coefficient (Wildman–Crippen LogP) is 6.51. The fourth-order valence-corrected chi connectivity index (χ4v) is 3.28. The molecular weight excluding hydrogens is 310 g/mol. The van der Waals surface area contributed by atoms with Crippen LogP contribution in [0.4, 0.5) is 5.69 Å². The third-order valence-electron chi connectivity index (χ3n) is 3.84. The van der Waals surface area contributed by atoms with Crippen LogP contribution in [0, 0.1) is 20.8 Å². The summed E-state index contributed by atoms with van der Waals surface area (Å²) in [5, 5.41) is 0. The van der Waals surface area contributed by atoms with Gasteiger partial charge in [0.1, 0.15) is 0 Å². The normalized spacial score (nSPS) is 11.1. The van der Waals surface area contributed by atoms with Gasteiger partial charge in [0, 0.05) is 16.0 Å². The van der Waals surface area contributed by atoms with Crippen LogP contribution in [0.25, 0.3) is 0 Å². The van der Waals surface area contributed by atoms with E-state index in [1.807, 2.05) is 6.21 Å². The van der Waals surface area contributed by atoms with Gasteiger partial charge < -0.3 is 0 Å². The first kappa shape index (κ1) is 16.5. The monoisotopic (exact) mass is 331 g/mol. The molecule has 3 aromatic carbocycles. The summed E-state index contributed by atoms with van der Waals surface area (Å²) in [7, 11) is 0. The molecule has 120 valence electrons. The van der Waals surface area contributed by atoms with Crippen LogP contribution in [-0.4, -0.2) is 6.21 Å². The van der Waals surface area contributed by atoms with Gasteiger partial charge in [-0.15, -0.1) is 0 Å². The Bertz CT molecular complexity index is 846. The molecule has 0 fully saturated rings. The van der Waals surface area contributed by atoms with Gasteiger partial charge in [0.25, 0.3) is 0 Å². The Balaban J connectivity index is 1.70. The van der Waals surface area contributed by atoms with Crippen molar-refractivity contribution in [3.8, 4) is 0 Å². The van der Waals surface area contributed by atoms with Crippen molar-refractivity contribution in [1.29, 1.82) is 0 Å². The zero-order valence-electron chi connectivity index (χ0n) is 14.3. The number of rotatable bonds is 4. The highest BCUT2D eigenvalue weighted by molar-refractivity contribution is 7.99. The summed E-state index contributed by atoms with van der Waals surface area (Å²) in [5.41, 5.74) is 5.90. The minimum atomic E-state index is 1.03. The minimum Gasteiger partial charge on any atom is -0.256 e. The highest BCUT2D eigenvalue weighted by Crippen LogP contribution is 2.28. The number of hydrogen-bond acceptors (Lipinski definition) is 2. The van der Waals surface area contributed by atoms with Crippen molar-refractivity contribution in [2.75, 3.05) is 0 Å². The molecule has 0 radical (unpaired) electrons. The van der Waals surface area contributed by atoms with Crippen LogP contribution in [0.5, 0.6) is 0 Å². The van der Waals surface area contributed by atoms with Crippen LogP contribution in [0.15, 0.2) is 81.5 Å². The van der Waals surface area contributed by atoms with E-state index in [1.165, 1.54) is 26.5 Å². The molecule has 3 aromatic rings. The molecule has 0 aliphatic rings. The lowest BCUT2D eigenvalue weighted by molar-refractivity contribution is 1.35. The molecule has 0 spiro atoms. The molecule has 0 unspecified atom stereocenters. The number of benzene rings is 3. The Morgan fingerprint density at radius 2 is 1.29 bits per heavy atom. The molecular formula is C22H21NS. The Kier molecular flexibility index (Phi) is 5.17. The molecule has 0 atom stereocenters. The van der Waals surface area contributed by atoms with Gasteiger partial charge in [-0.3, -0.25) is 4.99 Å². The summed E-state index contributed by atoms with van der Waals surface area (Å²) < 4.78 is 0. The summed E-state index contributed by atoms with van der Waals surface area (Å²) in [6, 6.07) is 23.5. The van der Waals surface area contributed by atoms with Crippen LogP contribution in [-0.2, 0) is 0 Å². The third-order valence-corrected chi connectivity index (χ3v) is 4.86. The molecule has 24 heavy (non-hydrogen) atoms. The maximum atomic E-state index is 4.61. The summed E-state index contributed by atoms with van der Waals surface area (Å²) in [6.45, 7) is 6.31. The van der Waals surface area contributed by atoms with Gasteiger partial charge in [-0.25, -0.2) is 0 Å². The van der Waals surface area contributed by atoms with Crippen LogP contribution in [0.1, 0.15) is 22.3 Å². The average Bonchev–Trinajstić information content (AvgIpc) is 2.57. The van der Waals surface area contributed by atoms with Crippen LogP contribution < -0.4 is 0 Å². The fourth-order valence-electron chi connectivity index (χ4n) is 2.46. The van der Waals surface area contributed by atoms with Gasteiger partial charge in [0.2, 0.25) is 0 Å². The number of aryl methyl sites for hydroxylation is 3. The fraction of sp³-hybridized carbons (Fsp3) is 0.136. The number of nitrogens with zero attached hydrogens (tertiary/aromatic N) is 1. The zero-order chi connectivity index (χ0) is 16.9. The highest BCUT2D eigenvalue weighted by atomic mass is 32.2. The number of aliphatic imine (C=N–C) groups is 1. The zero-order valence-corrected chi connectivity index (χ0v) is 15.1. The molecule has 0 N–H and O–H groups in total. The largest absolute Gasteiger partial charge is 0.256 e. The molecule has 1 nitrogen and oxygen atoms in total. The molecule has 0 bridgehead atoms. The summed E-state index contributed by atoms with van der Waals surface area (Å²) in [6.07, 6.45) is 1.93. The van der Waals surface area contributed by atoms with E-state index >= 15 is 0 Å². The molecule has 0 saturated carbocycles. The van der Waals surface area contributed by atoms with Crippen molar-refractivity contribution in [3.63, 3.8) is 0 Å². The van der Waals surface area contributed by atoms with E-state index in [0.29, 0.717) is 0 Å². The van der Waals surface area contributed by atoms with Gasteiger partial charge in [0.05, 0.1) is 5.69 Å². The molecule has 0 aliphatic heterocycles. The smallest absolute Gasteiger partial charge is 0.0659 e. The quantitative estimate of drug-likeness (QED) is 0.496. The number of hydrogen-bond donors (Lipinski definition) is 0.